The summed E-state index contributed by atoms with van der Waals surface area (Å²) in [6, 6.07) is 10.3. The first-order valence-electron chi connectivity index (χ1n) is 7.67. The third-order valence-electron chi connectivity index (χ3n) is 3.85. The molecule has 0 radical (unpaired) electrons. The molecule has 116 valence electrons. The number of rotatable bonds is 6. The molecule has 2 rings (SSSR count). The van der Waals surface area contributed by atoms with Crippen LogP contribution in [0.1, 0.15) is 38.2 Å². The van der Waals surface area contributed by atoms with Crippen molar-refractivity contribution in [2.75, 3.05) is 5.32 Å². The molecule has 22 heavy (non-hydrogen) atoms. The molecule has 2 aromatic rings. The number of amides is 1. The van der Waals surface area contributed by atoms with Gasteiger partial charge in [-0.1, -0.05) is 26.0 Å². The Kier molecular flexibility index (Phi) is 5.64. The van der Waals surface area contributed by atoms with E-state index in [1.165, 1.54) is 11.6 Å². The van der Waals surface area contributed by atoms with Crippen molar-refractivity contribution in [3.05, 3.63) is 60.2 Å². The topological polar surface area (TPSA) is 33.0 Å². The van der Waals surface area contributed by atoms with Crippen molar-refractivity contribution in [2.24, 2.45) is 0 Å². The van der Waals surface area contributed by atoms with Crippen LogP contribution in [-0.2, 0) is 11.3 Å². The highest BCUT2D eigenvalue weighted by molar-refractivity contribution is 5.89. The minimum atomic E-state index is -0.426. The average molecular weight is 301 g/mol. The van der Waals surface area contributed by atoms with Gasteiger partial charge in [-0.3, -0.25) is 4.79 Å². The number of nitrogens with one attached hydrogen (secondary N) is 1. The molecule has 0 spiro atoms. The van der Waals surface area contributed by atoms with E-state index in [9.17, 15) is 9.18 Å². The van der Waals surface area contributed by atoms with E-state index in [1.807, 2.05) is 24.5 Å². The standard InChI is InChI=1S/C18H21FN2O/c1-3-14(4-2)15-9-11-21(12-10-15)13-18(22)20-17-8-6-5-7-16(17)19/h5-12,14H,3-4,13H2,1-2H3/p+1. The van der Waals surface area contributed by atoms with Gasteiger partial charge in [0, 0.05) is 12.1 Å². The van der Waals surface area contributed by atoms with Crippen LogP contribution in [0.3, 0.4) is 0 Å². The molecule has 0 unspecified atom stereocenters. The van der Waals surface area contributed by atoms with E-state index >= 15 is 0 Å². The third kappa shape index (κ3) is 4.13. The van der Waals surface area contributed by atoms with Gasteiger partial charge in [0.25, 0.3) is 5.91 Å². The molecule has 0 aliphatic carbocycles. The van der Waals surface area contributed by atoms with Crippen LogP contribution in [-0.4, -0.2) is 5.91 Å². The summed E-state index contributed by atoms with van der Waals surface area (Å²) >= 11 is 0. The van der Waals surface area contributed by atoms with E-state index in [2.05, 4.69) is 19.2 Å². The van der Waals surface area contributed by atoms with Crippen LogP contribution in [0.5, 0.6) is 0 Å². The zero-order chi connectivity index (χ0) is 15.9. The summed E-state index contributed by atoms with van der Waals surface area (Å²) in [6.07, 6.45) is 6.01. The van der Waals surface area contributed by atoms with Gasteiger partial charge in [-0.15, -0.1) is 0 Å². The summed E-state index contributed by atoms with van der Waals surface area (Å²) in [5, 5.41) is 2.58. The fraction of sp³-hybridized carbons (Fsp3) is 0.333. The van der Waals surface area contributed by atoms with E-state index in [0.29, 0.717) is 5.92 Å². The van der Waals surface area contributed by atoms with E-state index in [1.54, 1.807) is 22.8 Å². The van der Waals surface area contributed by atoms with Gasteiger partial charge in [0.05, 0.1) is 5.69 Å². The number of para-hydroxylation sites is 1. The second-order valence-electron chi connectivity index (χ2n) is 5.35. The fourth-order valence-electron chi connectivity index (χ4n) is 2.52. The van der Waals surface area contributed by atoms with Crippen LogP contribution in [0.25, 0.3) is 0 Å². The number of pyridine rings is 1. The largest absolute Gasteiger partial charge is 0.318 e. The quantitative estimate of drug-likeness (QED) is 0.812. The summed E-state index contributed by atoms with van der Waals surface area (Å²) in [7, 11) is 0. The van der Waals surface area contributed by atoms with Crippen LogP contribution in [0, 0.1) is 5.82 Å². The monoisotopic (exact) mass is 301 g/mol. The highest BCUT2D eigenvalue weighted by Gasteiger charge is 2.13. The Hall–Kier alpha value is -2.23. The Bertz CT molecular complexity index is 621. The predicted octanol–water partition coefficient (Wildman–Crippen LogP) is 3.66. The highest BCUT2D eigenvalue weighted by atomic mass is 19.1. The number of carbonyl (C=O) groups is 1. The number of hydrogen-bond acceptors (Lipinski definition) is 1. The van der Waals surface area contributed by atoms with E-state index in [-0.39, 0.29) is 18.1 Å². The van der Waals surface area contributed by atoms with E-state index < -0.39 is 5.82 Å². The maximum absolute atomic E-state index is 13.5. The second-order valence-corrected chi connectivity index (χ2v) is 5.35. The first-order chi connectivity index (χ1) is 10.6. The number of aromatic nitrogens is 1. The van der Waals surface area contributed by atoms with Crippen molar-refractivity contribution in [1.29, 1.82) is 0 Å². The van der Waals surface area contributed by atoms with Gasteiger partial charge < -0.3 is 5.32 Å². The van der Waals surface area contributed by atoms with Crippen molar-refractivity contribution in [1.82, 2.24) is 0 Å². The molecule has 0 saturated heterocycles. The van der Waals surface area contributed by atoms with E-state index in [4.69, 9.17) is 0 Å². The lowest BCUT2D eigenvalue weighted by molar-refractivity contribution is -0.684. The third-order valence-corrected chi connectivity index (χ3v) is 3.85. The lowest BCUT2D eigenvalue weighted by Gasteiger charge is -2.11. The van der Waals surface area contributed by atoms with Crippen molar-refractivity contribution in [3.63, 3.8) is 0 Å². The van der Waals surface area contributed by atoms with Crippen LogP contribution < -0.4 is 9.88 Å². The van der Waals surface area contributed by atoms with Crippen LogP contribution in [0.4, 0.5) is 10.1 Å². The zero-order valence-electron chi connectivity index (χ0n) is 13.1. The van der Waals surface area contributed by atoms with Gasteiger partial charge >= 0.3 is 0 Å². The molecule has 0 saturated carbocycles. The van der Waals surface area contributed by atoms with Crippen molar-refractivity contribution < 1.29 is 13.8 Å². The Morgan fingerprint density at radius 3 is 2.36 bits per heavy atom. The molecule has 1 heterocycles. The lowest BCUT2D eigenvalue weighted by Crippen LogP contribution is -2.39. The molecule has 0 fully saturated rings. The SMILES string of the molecule is CCC(CC)c1cc[n+](CC(=O)Nc2ccccc2F)cc1. The summed E-state index contributed by atoms with van der Waals surface area (Å²) in [5.41, 5.74) is 1.50. The molecular weight excluding hydrogens is 279 g/mol. The zero-order valence-corrected chi connectivity index (χ0v) is 13.1. The smallest absolute Gasteiger partial charge is 0.290 e. The van der Waals surface area contributed by atoms with Crippen LogP contribution in [0.15, 0.2) is 48.8 Å². The molecule has 0 bridgehead atoms. The van der Waals surface area contributed by atoms with Crippen LogP contribution in [0.2, 0.25) is 0 Å². The van der Waals surface area contributed by atoms with Gasteiger partial charge in [0.1, 0.15) is 5.82 Å². The average Bonchev–Trinajstić information content (AvgIpc) is 2.52. The Morgan fingerprint density at radius 1 is 1.14 bits per heavy atom. The van der Waals surface area contributed by atoms with Crippen molar-refractivity contribution in [2.45, 2.75) is 39.2 Å². The molecular formula is C18H22FN2O+. The van der Waals surface area contributed by atoms with Gasteiger partial charge in [-0.25, -0.2) is 4.39 Å². The lowest BCUT2D eigenvalue weighted by atomic mass is 9.95. The van der Waals surface area contributed by atoms with Crippen molar-refractivity contribution in [3.8, 4) is 0 Å². The molecule has 1 amide bonds. The molecule has 3 nitrogen and oxygen atoms in total. The molecule has 0 aliphatic rings. The minimum Gasteiger partial charge on any atom is -0.318 e. The highest BCUT2D eigenvalue weighted by Crippen LogP contribution is 2.21. The van der Waals surface area contributed by atoms with Gasteiger partial charge in [0.15, 0.2) is 12.4 Å². The second kappa shape index (κ2) is 7.69. The maximum Gasteiger partial charge on any atom is 0.290 e. The van der Waals surface area contributed by atoms with Crippen molar-refractivity contribution >= 4 is 11.6 Å². The summed E-state index contributed by atoms with van der Waals surface area (Å²) in [5.74, 6) is -0.114. The molecule has 1 aromatic carbocycles. The van der Waals surface area contributed by atoms with Gasteiger partial charge in [-0.05, 0) is 36.5 Å². The van der Waals surface area contributed by atoms with Gasteiger partial charge in [-0.2, -0.15) is 4.57 Å². The Balaban J connectivity index is 1.99. The van der Waals surface area contributed by atoms with Gasteiger partial charge in [0.2, 0.25) is 6.54 Å². The Morgan fingerprint density at radius 2 is 1.77 bits per heavy atom. The number of anilines is 1. The number of carbonyl (C=O) groups excluding carboxylic acids is 1. The van der Waals surface area contributed by atoms with Crippen LogP contribution >= 0.6 is 0 Å². The molecule has 1 aromatic heterocycles. The predicted molar refractivity (Wildman–Crippen MR) is 85.0 cm³/mol. The first-order valence-corrected chi connectivity index (χ1v) is 7.67. The number of benzene rings is 1. The first kappa shape index (κ1) is 16.1. The summed E-state index contributed by atoms with van der Waals surface area (Å²) < 4.78 is 15.3. The summed E-state index contributed by atoms with van der Waals surface area (Å²) in [4.78, 5) is 12.0. The Labute approximate surface area is 130 Å². The summed E-state index contributed by atoms with van der Waals surface area (Å²) in [6.45, 7) is 4.52. The van der Waals surface area contributed by atoms with E-state index in [0.717, 1.165) is 12.8 Å². The molecule has 4 heteroatoms. The normalized spacial score (nSPS) is 10.7. The number of nitrogens with zero attached hydrogens (tertiary/aromatic N) is 1. The minimum absolute atomic E-state index is 0.164. The molecule has 0 aliphatic heterocycles. The maximum atomic E-state index is 13.5. The number of hydrogen-bond donors (Lipinski definition) is 1. The fourth-order valence-corrected chi connectivity index (χ4v) is 2.52. The molecule has 0 atom stereocenters. The molecule has 1 N–H and O–H groups in total. The number of halogens is 1.